The van der Waals surface area contributed by atoms with E-state index in [9.17, 15) is 0 Å². The molecule has 1 radical (unpaired) electrons. The van der Waals surface area contributed by atoms with Gasteiger partial charge in [-0.3, -0.25) is 5.32 Å². The number of nitrogens with zero attached hydrogens (tertiary/aromatic N) is 1. The van der Waals surface area contributed by atoms with Crippen molar-refractivity contribution in [2.24, 2.45) is 0 Å². The standard InChI is InChI=1S/C31H56N/c1-2-3-4-5-6-7-8-9-10-11-12-13-14-15-16-17-18-19-20-21-22-23-24-25-26-28-31-29-27-30-32-31/h26-30H,2-25H2,1H3. The summed E-state index contributed by atoms with van der Waals surface area (Å²) in [5.41, 5.74) is 1.10. The van der Waals surface area contributed by atoms with Crippen LogP contribution in [0.1, 0.15) is 161 Å². The van der Waals surface area contributed by atoms with Gasteiger partial charge in [0.2, 0.25) is 0 Å². The molecular weight excluding hydrogens is 386 g/mol. The lowest BCUT2D eigenvalue weighted by Gasteiger charge is -2.04. The van der Waals surface area contributed by atoms with E-state index in [0.717, 1.165) is 5.70 Å². The summed E-state index contributed by atoms with van der Waals surface area (Å²) < 4.78 is 0. The van der Waals surface area contributed by atoms with E-state index in [4.69, 9.17) is 0 Å². The minimum absolute atomic E-state index is 1.10. The monoisotopic (exact) mass is 442 g/mol. The predicted molar refractivity (Wildman–Crippen MR) is 145 cm³/mol. The van der Waals surface area contributed by atoms with E-state index in [2.05, 4.69) is 30.5 Å². The van der Waals surface area contributed by atoms with E-state index in [1.165, 1.54) is 154 Å². The van der Waals surface area contributed by atoms with E-state index < -0.39 is 0 Å². The summed E-state index contributed by atoms with van der Waals surface area (Å²) in [6.07, 6.45) is 45.0. The van der Waals surface area contributed by atoms with E-state index in [1.807, 2.05) is 12.3 Å². The fraction of sp³-hybridized carbons (Fsp3) is 0.806. The normalized spacial score (nSPS) is 13.2. The maximum absolute atomic E-state index is 4.26. The van der Waals surface area contributed by atoms with Crippen LogP contribution in [0.3, 0.4) is 0 Å². The Kier molecular flexibility index (Phi) is 22.4. The molecule has 0 N–H and O–H groups in total. The smallest absolute Gasteiger partial charge is 0.0626 e. The molecule has 0 atom stereocenters. The van der Waals surface area contributed by atoms with Crippen LogP contribution >= 0.6 is 0 Å². The molecule has 1 aliphatic rings. The SMILES string of the molecule is CCCCCCCCCCCCCCCCCCCCCCCCCC=CC1=CC=C[N]1. The Morgan fingerprint density at radius 3 is 1.25 bits per heavy atom. The Balaban J connectivity index is 1.64. The van der Waals surface area contributed by atoms with Crippen molar-refractivity contribution in [2.45, 2.75) is 161 Å². The quantitative estimate of drug-likeness (QED) is 0.125. The number of unbranched alkanes of at least 4 members (excludes halogenated alkanes) is 23. The first-order valence-corrected chi connectivity index (χ1v) is 14.7. The molecule has 0 fully saturated rings. The molecule has 0 aliphatic carbocycles. The van der Waals surface area contributed by atoms with Gasteiger partial charge in [0, 0.05) is 6.20 Å². The third kappa shape index (κ3) is 20.9. The van der Waals surface area contributed by atoms with Gasteiger partial charge in [-0.05, 0) is 31.1 Å². The van der Waals surface area contributed by atoms with Crippen molar-refractivity contribution in [3.63, 3.8) is 0 Å². The molecule has 0 saturated heterocycles. The van der Waals surface area contributed by atoms with Gasteiger partial charge >= 0.3 is 0 Å². The maximum atomic E-state index is 4.26. The van der Waals surface area contributed by atoms with Crippen LogP contribution in [0.4, 0.5) is 0 Å². The summed E-state index contributed by atoms with van der Waals surface area (Å²) in [6.45, 7) is 2.30. The van der Waals surface area contributed by atoms with Crippen LogP contribution in [0.15, 0.2) is 36.2 Å². The molecule has 0 aromatic rings. The van der Waals surface area contributed by atoms with Gasteiger partial charge < -0.3 is 0 Å². The molecular formula is C31H56N. The van der Waals surface area contributed by atoms with Gasteiger partial charge in [-0.1, -0.05) is 154 Å². The average molecular weight is 443 g/mol. The lowest BCUT2D eigenvalue weighted by molar-refractivity contribution is 0.518. The van der Waals surface area contributed by atoms with Crippen molar-refractivity contribution in [3.05, 3.63) is 36.2 Å². The summed E-state index contributed by atoms with van der Waals surface area (Å²) in [5, 5.41) is 4.26. The van der Waals surface area contributed by atoms with Crippen molar-refractivity contribution in [1.82, 2.24) is 5.32 Å². The second-order valence-electron chi connectivity index (χ2n) is 10.0. The average Bonchev–Trinajstić information content (AvgIpc) is 3.32. The summed E-state index contributed by atoms with van der Waals surface area (Å²) in [5.74, 6) is 0. The molecule has 32 heavy (non-hydrogen) atoms. The van der Waals surface area contributed by atoms with Crippen LogP contribution in [0, 0.1) is 0 Å². The maximum Gasteiger partial charge on any atom is 0.0626 e. The Hall–Kier alpha value is -0.980. The van der Waals surface area contributed by atoms with Crippen molar-refractivity contribution in [1.29, 1.82) is 0 Å². The van der Waals surface area contributed by atoms with Crippen molar-refractivity contribution in [2.75, 3.05) is 0 Å². The highest BCUT2D eigenvalue weighted by atomic mass is 14.9. The summed E-state index contributed by atoms with van der Waals surface area (Å²) in [6, 6.07) is 0. The fourth-order valence-electron chi connectivity index (χ4n) is 4.66. The minimum atomic E-state index is 1.10. The third-order valence-corrected chi connectivity index (χ3v) is 6.84. The van der Waals surface area contributed by atoms with Crippen LogP contribution in [0.25, 0.3) is 0 Å². The molecule has 1 nitrogen and oxygen atoms in total. The highest BCUT2D eigenvalue weighted by Crippen LogP contribution is 2.15. The van der Waals surface area contributed by atoms with Crippen LogP contribution in [0.5, 0.6) is 0 Å². The molecule has 0 aromatic carbocycles. The van der Waals surface area contributed by atoms with Crippen molar-refractivity contribution < 1.29 is 0 Å². The number of hydrogen-bond acceptors (Lipinski definition) is 0. The van der Waals surface area contributed by atoms with E-state index in [-0.39, 0.29) is 0 Å². The van der Waals surface area contributed by atoms with Crippen LogP contribution in [0.2, 0.25) is 0 Å². The van der Waals surface area contributed by atoms with Crippen molar-refractivity contribution in [3.8, 4) is 0 Å². The summed E-state index contributed by atoms with van der Waals surface area (Å²) in [4.78, 5) is 0. The number of hydrogen-bond donors (Lipinski definition) is 0. The molecule has 1 aliphatic heterocycles. The third-order valence-electron chi connectivity index (χ3n) is 6.84. The van der Waals surface area contributed by atoms with E-state index in [0.29, 0.717) is 0 Å². The Bertz CT molecular complexity index is 459. The lowest BCUT2D eigenvalue weighted by Crippen LogP contribution is -1.86. The first-order chi connectivity index (χ1) is 15.9. The molecule has 185 valence electrons. The van der Waals surface area contributed by atoms with Gasteiger partial charge in [0.25, 0.3) is 0 Å². The Labute approximate surface area is 202 Å². The zero-order valence-corrected chi connectivity index (χ0v) is 21.8. The number of rotatable bonds is 25. The zero-order chi connectivity index (χ0) is 22.8. The topological polar surface area (TPSA) is 14.1 Å². The Morgan fingerprint density at radius 2 is 0.906 bits per heavy atom. The van der Waals surface area contributed by atoms with Gasteiger partial charge in [-0.2, -0.15) is 0 Å². The van der Waals surface area contributed by atoms with Crippen LogP contribution < -0.4 is 5.32 Å². The van der Waals surface area contributed by atoms with E-state index in [1.54, 1.807) is 0 Å². The molecule has 0 spiro atoms. The van der Waals surface area contributed by atoms with Crippen molar-refractivity contribution >= 4 is 0 Å². The molecule has 1 rings (SSSR count). The molecule has 1 heterocycles. The lowest BCUT2D eigenvalue weighted by atomic mass is 10.0. The first-order valence-electron chi connectivity index (χ1n) is 14.7. The second kappa shape index (κ2) is 24.7. The van der Waals surface area contributed by atoms with Gasteiger partial charge in [0.15, 0.2) is 0 Å². The Morgan fingerprint density at radius 1 is 0.531 bits per heavy atom. The molecule has 0 aromatic heterocycles. The molecule has 0 bridgehead atoms. The van der Waals surface area contributed by atoms with Crippen LogP contribution in [-0.4, -0.2) is 0 Å². The predicted octanol–water partition coefficient (Wildman–Crippen LogP) is 10.9. The largest absolute Gasteiger partial charge is 0.257 e. The molecule has 0 unspecified atom stereocenters. The van der Waals surface area contributed by atoms with Gasteiger partial charge in [-0.15, -0.1) is 0 Å². The molecule has 1 heteroatoms. The summed E-state index contributed by atoms with van der Waals surface area (Å²) >= 11 is 0. The second-order valence-corrected chi connectivity index (χ2v) is 10.0. The van der Waals surface area contributed by atoms with Gasteiger partial charge in [0.1, 0.15) is 0 Å². The zero-order valence-electron chi connectivity index (χ0n) is 21.8. The fourth-order valence-corrected chi connectivity index (χ4v) is 4.66. The minimum Gasteiger partial charge on any atom is -0.257 e. The van der Waals surface area contributed by atoms with Crippen LogP contribution in [-0.2, 0) is 0 Å². The molecule has 0 saturated carbocycles. The van der Waals surface area contributed by atoms with Gasteiger partial charge in [0.05, 0.1) is 5.70 Å². The van der Waals surface area contributed by atoms with E-state index >= 15 is 0 Å². The first kappa shape index (κ1) is 29.1. The summed E-state index contributed by atoms with van der Waals surface area (Å²) in [7, 11) is 0. The highest BCUT2D eigenvalue weighted by molar-refractivity contribution is 5.28. The van der Waals surface area contributed by atoms with Gasteiger partial charge in [-0.25, -0.2) is 0 Å². The highest BCUT2D eigenvalue weighted by Gasteiger charge is 1.96. The number of allylic oxidation sites excluding steroid dienone is 4. The molecule has 0 amide bonds.